The van der Waals surface area contributed by atoms with Crippen molar-refractivity contribution < 1.29 is 14.7 Å². The minimum absolute atomic E-state index is 0.0578. The van der Waals surface area contributed by atoms with Gasteiger partial charge in [0.1, 0.15) is 6.54 Å². The number of aliphatic hydroxyl groups excluding tert-OH is 1. The lowest BCUT2D eigenvalue weighted by atomic mass is 10.0. The minimum atomic E-state index is -0.405. The fourth-order valence-electron chi connectivity index (χ4n) is 1.39. The van der Waals surface area contributed by atoms with E-state index < -0.39 is 6.03 Å². The van der Waals surface area contributed by atoms with Gasteiger partial charge in [0, 0.05) is 0 Å². The van der Waals surface area contributed by atoms with Gasteiger partial charge in [-0.1, -0.05) is 13.8 Å². The molecule has 1 fully saturated rings. The van der Waals surface area contributed by atoms with Crippen LogP contribution in [0.1, 0.15) is 13.8 Å². The second-order valence-electron chi connectivity index (χ2n) is 3.48. The second kappa shape index (κ2) is 3.74. The molecule has 0 aromatic carbocycles. The maximum atomic E-state index is 11.2. The van der Waals surface area contributed by atoms with Crippen LogP contribution >= 0.6 is 0 Å². The highest BCUT2D eigenvalue weighted by Crippen LogP contribution is 2.12. The number of urea groups is 1. The molecule has 1 heterocycles. The summed E-state index contributed by atoms with van der Waals surface area (Å²) < 4.78 is 0. The Morgan fingerprint density at radius 3 is 2.46 bits per heavy atom. The highest BCUT2D eigenvalue weighted by molar-refractivity contribution is 6.02. The molecule has 1 rings (SSSR count). The van der Waals surface area contributed by atoms with Gasteiger partial charge in [0.05, 0.1) is 12.6 Å². The van der Waals surface area contributed by atoms with Crippen molar-refractivity contribution in [3.8, 4) is 0 Å². The largest absolute Gasteiger partial charge is 0.394 e. The van der Waals surface area contributed by atoms with E-state index in [0.717, 1.165) is 0 Å². The molecule has 5 nitrogen and oxygen atoms in total. The maximum absolute atomic E-state index is 11.2. The molecule has 0 bridgehead atoms. The van der Waals surface area contributed by atoms with Gasteiger partial charge in [-0.25, -0.2) is 4.79 Å². The van der Waals surface area contributed by atoms with Gasteiger partial charge in [0.2, 0.25) is 5.91 Å². The summed E-state index contributed by atoms with van der Waals surface area (Å²) in [4.78, 5) is 23.4. The smallest absolute Gasteiger partial charge is 0.324 e. The summed E-state index contributed by atoms with van der Waals surface area (Å²) >= 11 is 0. The van der Waals surface area contributed by atoms with E-state index in [1.165, 1.54) is 4.90 Å². The molecular formula is C8H14N2O3. The number of carbonyl (C=O) groups is 2. The summed E-state index contributed by atoms with van der Waals surface area (Å²) in [5.41, 5.74) is 0. The van der Waals surface area contributed by atoms with Crippen molar-refractivity contribution in [3.05, 3.63) is 0 Å². The van der Waals surface area contributed by atoms with Gasteiger partial charge in [-0.15, -0.1) is 0 Å². The lowest BCUT2D eigenvalue weighted by Gasteiger charge is -2.27. The molecular weight excluding hydrogens is 172 g/mol. The van der Waals surface area contributed by atoms with E-state index in [2.05, 4.69) is 5.32 Å². The van der Waals surface area contributed by atoms with E-state index in [-0.39, 0.29) is 31.0 Å². The van der Waals surface area contributed by atoms with Crippen LogP contribution in [0.5, 0.6) is 0 Å². The molecule has 0 spiro atoms. The van der Waals surface area contributed by atoms with E-state index in [1.54, 1.807) is 0 Å². The molecule has 0 aromatic rings. The van der Waals surface area contributed by atoms with Gasteiger partial charge in [0.25, 0.3) is 0 Å². The Morgan fingerprint density at radius 2 is 2.15 bits per heavy atom. The third-order valence-electron chi connectivity index (χ3n) is 2.18. The lowest BCUT2D eigenvalue weighted by Crippen LogP contribution is -2.43. The summed E-state index contributed by atoms with van der Waals surface area (Å²) in [5, 5.41) is 11.2. The summed E-state index contributed by atoms with van der Waals surface area (Å²) in [6.45, 7) is 3.74. The van der Waals surface area contributed by atoms with Crippen LogP contribution in [0.15, 0.2) is 0 Å². The number of nitrogens with zero attached hydrogens (tertiary/aromatic N) is 1. The molecule has 74 valence electrons. The topological polar surface area (TPSA) is 69.6 Å². The summed E-state index contributed by atoms with van der Waals surface area (Å²) in [6, 6.07) is -0.677. The van der Waals surface area contributed by atoms with Crippen LogP contribution in [0.2, 0.25) is 0 Å². The molecule has 2 N–H and O–H groups in total. The third-order valence-corrected chi connectivity index (χ3v) is 2.18. The number of hydrogen-bond acceptors (Lipinski definition) is 3. The summed E-state index contributed by atoms with van der Waals surface area (Å²) in [6.07, 6.45) is 0. The van der Waals surface area contributed by atoms with Crippen molar-refractivity contribution in [1.82, 2.24) is 10.2 Å². The Bertz CT molecular complexity index is 227. The van der Waals surface area contributed by atoms with Crippen molar-refractivity contribution in [3.63, 3.8) is 0 Å². The number of imide groups is 1. The van der Waals surface area contributed by atoms with Crippen molar-refractivity contribution in [1.29, 1.82) is 0 Å². The number of amides is 3. The van der Waals surface area contributed by atoms with Gasteiger partial charge in [-0.2, -0.15) is 0 Å². The van der Waals surface area contributed by atoms with Crippen LogP contribution in [0.4, 0.5) is 4.79 Å². The van der Waals surface area contributed by atoms with Gasteiger partial charge in [-0.3, -0.25) is 10.1 Å². The molecule has 0 aromatic heterocycles. The fourth-order valence-corrected chi connectivity index (χ4v) is 1.39. The average Bonchev–Trinajstić information content (AvgIpc) is 2.31. The van der Waals surface area contributed by atoms with E-state index in [1.807, 2.05) is 13.8 Å². The molecule has 0 radical (unpaired) electrons. The van der Waals surface area contributed by atoms with Crippen LogP contribution in [-0.2, 0) is 4.79 Å². The molecule has 0 unspecified atom stereocenters. The first-order chi connectivity index (χ1) is 6.06. The van der Waals surface area contributed by atoms with Crippen molar-refractivity contribution in [2.24, 2.45) is 5.92 Å². The number of aliphatic hydroxyl groups is 1. The Kier molecular flexibility index (Phi) is 2.87. The summed E-state index contributed by atoms with van der Waals surface area (Å²) in [5.74, 6) is -0.161. The molecule has 3 amide bonds. The average molecular weight is 186 g/mol. The van der Waals surface area contributed by atoms with E-state index in [4.69, 9.17) is 5.11 Å². The Hall–Kier alpha value is -1.10. The zero-order chi connectivity index (χ0) is 10.0. The van der Waals surface area contributed by atoms with E-state index in [0.29, 0.717) is 0 Å². The third kappa shape index (κ3) is 1.98. The maximum Gasteiger partial charge on any atom is 0.324 e. The Labute approximate surface area is 76.7 Å². The number of nitrogens with one attached hydrogen (secondary N) is 1. The molecule has 1 aliphatic rings. The van der Waals surface area contributed by atoms with Crippen molar-refractivity contribution in [2.45, 2.75) is 19.9 Å². The Balaban J connectivity index is 2.69. The monoisotopic (exact) mass is 186 g/mol. The standard InChI is InChI=1S/C8H14N2O3/c1-5(2)6(4-11)10-3-7(12)9-8(10)13/h5-6,11H,3-4H2,1-2H3,(H,9,12,13)/t6-/m1/s1. The van der Waals surface area contributed by atoms with Crippen LogP contribution in [0.25, 0.3) is 0 Å². The first kappa shape index (κ1) is 9.98. The van der Waals surface area contributed by atoms with Gasteiger partial charge in [-0.05, 0) is 5.92 Å². The first-order valence-electron chi connectivity index (χ1n) is 4.27. The normalized spacial score (nSPS) is 19.5. The second-order valence-corrected chi connectivity index (χ2v) is 3.48. The lowest BCUT2D eigenvalue weighted by molar-refractivity contribution is -0.118. The highest BCUT2D eigenvalue weighted by Gasteiger charge is 2.33. The molecule has 1 atom stereocenters. The zero-order valence-corrected chi connectivity index (χ0v) is 7.78. The number of hydrogen-bond donors (Lipinski definition) is 2. The molecule has 0 aliphatic carbocycles. The molecule has 13 heavy (non-hydrogen) atoms. The van der Waals surface area contributed by atoms with Crippen LogP contribution < -0.4 is 5.32 Å². The molecule has 5 heteroatoms. The van der Waals surface area contributed by atoms with Crippen LogP contribution in [0, 0.1) is 5.92 Å². The van der Waals surface area contributed by atoms with Gasteiger partial charge >= 0.3 is 6.03 Å². The molecule has 1 aliphatic heterocycles. The summed E-state index contributed by atoms with van der Waals surface area (Å²) in [7, 11) is 0. The number of carbonyl (C=O) groups excluding carboxylic acids is 2. The van der Waals surface area contributed by atoms with E-state index in [9.17, 15) is 9.59 Å². The predicted molar refractivity (Wildman–Crippen MR) is 46.0 cm³/mol. The molecule has 1 saturated heterocycles. The quantitative estimate of drug-likeness (QED) is 0.587. The number of rotatable bonds is 3. The van der Waals surface area contributed by atoms with Gasteiger partial charge < -0.3 is 10.0 Å². The van der Waals surface area contributed by atoms with Crippen LogP contribution in [-0.4, -0.2) is 41.1 Å². The predicted octanol–water partition coefficient (Wildman–Crippen LogP) is -0.445. The van der Waals surface area contributed by atoms with Crippen molar-refractivity contribution in [2.75, 3.05) is 13.2 Å². The van der Waals surface area contributed by atoms with Crippen LogP contribution in [0.3, 0.4) is 0 Å². The first-order valence-corrected chi connectivity index (χ1v) is 4.27. The Morgan fingerprint density at radius 1 is 1.54 bits per heavy atom. The zero-order valence-electron chi connectivity index (χ0n) is 7.78. The van der Waals surface area contributed by atoms with Gasteiger partial charge in [0.15, 0.2) is 0 Å². The van der Waals surface area contributed by atoms with Crippen molar-refractivity contribution >= 4 is 11.9 Å². The highest BCUT2D eigenvalue weighted by atomic mass is 16.3. The molecule has 0 saturated carbocycles. The fraction of sp³-hybridized carbons (Fsp3) is 0.750. The SMILES string of the molecule is CC(C)[C@@H](CO)N1CC(=O)NC1=O. The van der Waals surface area contributed by atoms with E-state index >= 15 is 0 Å². The minimum Gasteiger partial charge on any atom is -0.394 e.